The number of rotatable bonds is 18. The van der Waals surface area contributed by atoms with Crippen molar-refractivity contribution in [1.29, 1.82) is 0 Å². The number of benzene rings is 1. The monoisotopic (exact) mass is 402 g/mol. The number of anilines is 1. The molecule has 3 nitrogen and oxygen atoms in total. The van der Waals surface area contributed by atoms with Gasteiger partial charge in [0.05, 0.1) is 6.04 Å². The fourth-order valence-electron chi connectivity index (χ4n) is 3.70. The van der Waals surface area contributed by atoms with E-state index in [4.69, 9.17) is 5.73 Å². The highest BCUT2D eigenvalue weighted by Crippen LogP contribution is 2.15. The van der Waals surface area contributed by atoms with Crippen molar-refractivity contribution in [3.63, 3.8) is 0 Å². The van der Waals surface area contributed by atoms with Gasteiger partial charge < -0.3 is 11.1 Å². The van der Waals surface area contributed by atoms with Crippen LogP contribution in [0.5, 0.6) is 0 Å². The second-order valence-electron chi connectivity index (χ2n) is 8.55. The van der Waals surface area contributed by atoms with Crippen LogP contribution in [0.3, 0.4) is 0 Å². The molecule has 0 heterocycles. The lowest BCUT2D eigenvalue weighted by Gasteiger charge is -2.10. The maximum Gasteiger partial charge on any atom is 0.241 e. The van der Waals surface area contributed by atoms with Crippen molar-refractivity contribution >= 4 is 11.6 Å². The number of hydrogen-bond acceptors (Lipinski definition) is 2. The highest BCUT2D eigenvalue weighted by Gasteiger charge is 2.10. The second kappa shape index (κ2) is 17.5. The van der Waals surface area contributed by atoms with E-state index in [1.54, 1.807) is 0 Å². The molecule has 1 amide bonds. The molecule has 0 radical (unpaired) electrons. The fraction of sp³-hybridized carbons (Fsp3) is 0.731. The Morgan fingerprint density at radius 3 is 1.66 bits per heavy atom. The van der Waals surface area contributed by atoms with E-state index >= 15 is 0 Å². The number of carbonyl (C=O) groups excluding carboxylic acids is 1. The van der Waals surface area contributed by atoms with Gasteiger partial charge in [0.2, 0.25) is 5.91 Å². The zero-order chi connectivity index (χ0) is 21.2. The number of hydrogen-bond donors (Lipinski definition) is 2. The lowest BCUT2D eigenvalue weighted by molar-refractivity contribution is -0.117. The van der Waals surface area contributed by atoms with Crippen LogP contribution in [-0.4, -0.2) is 11.9 Å². The van der Waals surface area contributed by atoms with Crippen LogP contribution in [0.2, 0.25) is 0 Å². The molecule has 0 aliphatic rings. The third-order valence-corrected chi connectivity index (χ3v) is 5.82. The first-order valence-electron chi connectivity index (χ1n) is 12.3. The Morgan fingerprint density at radius 2 is 1.21 bits per heavy atom. The van der Waals surface area contributed by atoms with Crippen LogP contribution in [0.15, 0.2) is 24.3 Å². The van der Waals surface area contributed by atoms with Gasteiger partial charge in [-0.15, -0.1) is 0 Å². The number of nitrogens with one attached hydrogen (secondary N) is 1. The lowest BCUT2D eigenvalue weighted by Crippen LogP contribution is -2.34. The quantitative estimate of drug-likeness (QED) is 0.252. The summed E-state index contributed by atoms with van der Waals surface area (Å²) in [6.45, 7) is 4.20. The van der Waals surface area contributed by atoms with E-state index in [9.17, 15) is 4.79 Å². The maximum absolute atomic E-state index is 11.8. The first-order valence-corrected chi connectivity index (χ1v) is 12.3. The van der Waals surface area contributed by atoms with Crippen LogP contribution < -0.4 is 11.1 Å². The average molecular weight is 403 g/mol. The molecule has 1 aromatic carbocycles. The number of aryl methyl sites for hydroxylation is 1. The summed E-state index contributed by atoms with van der Waals surface area (Å²) in [4.78, 5) is 11.8. The van der Waals surface area contributed by atoms with E-state index in [1.807, 2.05) is 19.1 Å². The van der Waals surface area contributed by atoms with Gasteiger partial charge in [-0.1, -0.05) is 109 Å². The molecule has 3 N–H and O–H groups in total. The van der Waals surface area contributed by atoms with Crippen molar-refractivity contribution in [2.75, 3.05) is 5.32 Å². The van der Waals surface area contributed by atoms with Gasteiger partial charge in [0, 0.05) is 5.69 Å². The minimum atomic E-state index is -0.426. The third-order valence-electron chi connectivity index (χ3n) is 5.82. The molecule has 3 heteroatoms. The highest BCUT2D eigenvalue weighted by atomic mass is 16.2. The molecule has 0 fully saturated rings. The van der Waals surface area contributed by atoms with Crippen LogP contribution in [0.1, 0.15) is 116 Å². The first kappa shape index (κ1) is 25.7. The normalized spacial score (nSPS) is 12.1. The highest BCUT2D eigenvalue weighted by molar-refractivity contribution is 5.94. The standard InChI is InChI=1S/C26H46N2O/c1-3-5-6-7-8-9-10-11-12-13-14-15-16-17-18-23-19-21-24(22-20-23)28-26(29)25(27)4-2/h19-22,25H,3-18,27H2,1-2H3,(H,28,29)/t25-/m0/s1. The largest absolute Gasteiger partial charge is 0.325 e. The number of nitrogens with two attached hydrogens (primary N) is 1. The predicted molar refractivity (Wildman–Crippen MR) is 127 cm³/mol. The van der Waals surface area contributed by atoms with Crippen molar-refractivity contribution in [3.8, 4) is 0 Å². The van der Waals surface area contributed by atoms with Gasteiger partial charge in [-0.05, 0) is 37.0 Å². The third kappa shape index (κ3) is 13.5. The first-order chi connectivity index (χ1) is 14.2. The Kier molecular flexibility index (Phi) is 15.5. The molecule has 0 unspecified atom stereocenters. The van der Waals surface area contributed by atoms with Gasteiger partial charge in [0.1, 0.15) is 0 Å². The molecule has 29 heavy (non-hydrogen) atoms. The van der Waals surface area contributed by atoms with Gasteiger partial charge in [-0.2, -0.15) is 0 Å². The lowest BCUT2D eigenvalue weighted by atomic mass is 10.0. The summed E-state index contributed by atoms with van der Waals surface area (Å²) in [6, 6.07) is 7.79. The Morgan fingerprint density at radius 1 is 0.759 bits per heavy atom. The molecule has 0 saturated heterocycles. The molecule has 1 rings (SSSR count). The Labute approximate surface area is 180 Å². The van der Waals surface area contributed by atoms with E-state index in [-0.39, 0.29) is 5.91 Å². The topological polar surface area (TPSA) is 55.1 Å². The molecule has 0 aliphatic carbocycles. The van der Waals surface area contributed by atoms with Gasteiger partial charge in [-0.3, -0.25) is 4.79 Å². The smallest absolute Gasteiger partial charge is 0.241 e. The summed E-state index contributed by atoms with van der Waals surface area (Å²) >= 11 is 0. The van der Waals surface area contributed by atoms with Gasteiger partial charge >= 0.3 is 0 Å². The number of unbranched alkanes of at least 4 members (excludes halogenated alkanes) is 13. The van der Waals surface area contributed by atoms with Crippen LogP contribution in [0, 0.1) is 0 Å². The van der Waals surface area contributed by atoms with Crippen molar-refractivity contribution in [2.45, 2.75) is 123 Å². The molecular weight excluding hydrogens is 356 g/mol. The summed E-state index contributed by atoms with van der Waals surface area (Å²) in [7, 11) is 0. The average Bonchev–Trinajstić information content (AvgIpc) is 2.74. The summed E-state index contributed by atoms with van der Waals surface area (Å²) < 4.78 is 0. The molecule has 166 valence electrons. The van der Waals surface area contributed by atoms with Crippen LogP contribution in [0.4, 0.5) is 5.69 Å². The molecule has 1 aromatic rings. The van der Waals surface area contributed by atoms with E-state index in [2.05, 4.69) is 24.4 Å². The van der Waals surface area contributed by atoms with E-state index in [0.29, 0.717) is 6.42 Å². The second-order valence-corrected chi connectivity index (χ2v) is 8.55. The molecule has 0 aromatic heterocycles. The molecule has 0 bridgehead atoms. The minimum Gasteiger partial charge on any atom is -0.325 e. The number of carbonyl (C=O) groups is 1. The molecule has 0 saturated carbocycles. The molecule has 0 aliphatic heterocycles. The zero-order valence-corrected chi connectivity index (χ0v) is 19.2. The van der Waals surface area contributed by atoms with E-state index in [0.717, 1.165) is 12.1 Å². The molecule has 1 atom stereocenters. The van der Waals surface area contributed by atoms with E-state index in [1.165, 1.54) is 95.5 Å². The van der Waals surface area contributed by atoms with Crippen LogP contribution in [0.25, 0.3) is 0 Å². The number of amides is 1. The van der Waals surface area contributed by atoms with Gasteiger partial charge in [-0.25, -0.2) is 0 Å². The van der Waals surface area contributed by atoms with Crippen molar-refractivity contribution in [1.82, 2.24) is 0 Å². The van der Waals surface area contributed by atoms with Crippen molar-refractivity contribution in [3.05, 3.63) is 29.8 Å². The fourth-order valence-corrected chi connectivity index (χ4v) is 3.70. The van der Waals surface area contributed by atoms with Crippen LogP contribution >= 0.6 is 0 Å². The SMILES string of the molecule is CCCCCCCCCCCCCCCCc1ccc(NC(=O)[C@@H](N)CC)cc1. The molecular formula is C26H46N2O. The van der Waals surface area contributed by atoms with Gasteiger partial charge in [0.15, 0.2) is 0 Å². The maximum atomic E-state index is 11.8. The zero-order valence-electron chi connectivity index (χ0n) is 19.2. The van der Waals surface area contributed by atoms with Crippen molar-refractivity contribution in [2.24, 2.45) is 5.73 Å². The van der Waals surface area contributed by atoms with Gasteiger partial charge in [0.25, 0.3) is 0 Å². The Balaban J connectivity index is 1.95. The summed E-state index contributed by atoms with van der Waals surface area (Å²) in [5, 5.41) is 2.88. The Bertz CT molecular complexity index is 512. The van der Waals surface area contributed by atoms with E-state index < -0.39 is 6.04 Å². The minimum absolute atomic E-state index is 0.104. The summed E-state index contributed by atoms with van der Waals surface area (Å²) in [5.41, 5.74) is 7.93. The Hall–Kier alpha value is -1.35. The van der Waals surface area contributed by atoms with Crippen molar-refractivity contribution < 1.29 is 4.79 Å². The van der Waals surface area contributed by atoms with Crippen LogP contribution in [-0.2, 0) is 11.2 Å². The summed E-state index contributed by atoms with van der Waals surface area (Å²) in [6.07, 6.45) is 21.3. The molecule has 0 spiro atoms. The summed E-state index contributed by atoms with van der Waals surface area (Å²) in [5.74, 6) is -0.104. The predicted octanol–water partition coefficient (Wildman–Crippen LogP) is 7.39.